The Morgan fingerprint density at radius 1 is 1.23 bits per heavy atom. The van der Waals surface area contributed by atoms with Crippen molar-refractivity contribution in [1.29, 1.82) is 0 Å². The van der Waals surface area contributed by atoms with E-state index in [-0.39, 0.29) is 5.91 Å². The van der Waals surface area contributed by atoms with Crippen molar-refractivity contribution >= 4 is 28.5 Å². The zero-order valence-corrected chi connectivity index (χ0v) is 17.4. The molecule has 1 saturated carbocycles. The highest BCUT2D eigenvalue weighted by atomic mass is 16.2. The second-order valence-corrected chi connectivity index (χ2v) is 8.93. The highest BCUT2D eigenvalue weighted by Gasteiger charge is 2.46. The van der Waals surface area contributed by atoms with Crippen molar-refractivity contribution in [3.05, 3.63) is 37.1 Å². The van der Waals surface area contributed by atoms with Crippen LogP contribution in [0.1, 0.15) is 32.6 Å². The third-order valence-corrected chi connectivity index (χ3v) is 6.89. The predicted octanol–water partition coefficient (Wildman–Crippen LogP) is 2.87. The van der Waals surface area contributed by atoms with E-state index in [2.05, 4.69) is 25.4 Å². The van der Waals surface area contributed by atoms with Crippen LogP contribution in [0.5, 0.6) is 0 Å². The summed E-state index contributed by atoms with van der Waals surface area (Å²) in [4.78, 5) is 30.2. The summed E-state index contributed by atoms with van der Waals surface area (Å²) in [5.74, 6) is 0.853. The first-order valence-electron chi connectivity index (χ1n) is 10.7. The lowest BCUT2D eigenvalue weighted by molar-refractivity contribution is -0.143. The molecule has 2 N–H and O–H groups in total. The van der Waals surface area contributed by atoms with Gasteiger partial charge in [0.05, 0.1) is 0 Å². The van der Waals surface area contributed by atoms with E-state index in [0.717, 1.165) is 66.6 Å². The molecule has 9 nitrogen and oxygen atoms in total. The van der Waals surface area contributed by atoms with Gasteiger partial charge in [-0.05, 0) is 37.8 Å². The molecule has 1 saturated heterocycles. The average Bonchev–Trinajstić information content (AvgIpc) is 3.38. The Labute approximate surface area is 178 Å². The first-order chi connectivity index (χ1) is 15.1. The van der Waals surface area contributed by atoms with Crippen LogP contribution >= 0.6 is 0 Å². The van der Waals surface area contributed by atoms with E-state index in [9.17, 15) is 4.79 Å². The second kappa shape index (κ2) is 6.76. The van der Waals surface area contributed by atoms with Gasteiger partial charge in [-0.2, -0.15) is 10.1 Å². The molecule has 0 aromatic carbocycles. The molecule has 6 rings (SSSR count). The number of nitrogens with zero attached hydrogens (tertiary/aromatic N) is 6. The van der Waals surface area contributed by atoms with Crippen LogP contribution < -0.4 is 5.32 Å². The SMILES string of the molecule is CC(=O)N1CC2(CCC(Nc3ncc4c(-c5ccc6ncnn6c5)c[nH]c4n3)CC2)C1. The first-order valence-corrected chi connectivity index (χ1v) is 10.7. The number of rotatable bonds is 3. The number of fused-ring (bicyclic) bond motifs is 2. The summed E-state index contributed by atoms with van der Waals surface area (Å²) >= 11 is 0. The van der Waals surface area contributed by atoms with Gasteiger partial charge in [-0.1, -0.05) is 0 Å². The van der Waals surface area contributed by atoms with Crippen LogP contribution in [0.2, 0.25) is 0 Å². The molecule has 0 bridgehead atoms. The van der Waals surface area contributed by atoms with E-state index in [1.165, 1.54) is 0 Å². The Kier molecular flexibility index (Phi) is 3.99. The number of H-pyrrole nitrogens is 1. The van der Waals surface area contributed by atoms with Crippen LogP contribution in [0.15, 0.2) is 37.1 Å². The van der Waals surface area contributed by atoms with Crippen molar-refractivity contribution in [2.24, 2.45) is 5.41 Å². The lowest BCUT2D eigenvalue weighted by atomic mass is 9.67. The van der Waals surface area contributed by atoms with E-state index < -0.39 is 0 Å². The molecule has 1 spiro atoms. The van der Waals surface area contributed by atoms with Crippen molar-refractivity contribution in [3.63, 3.8) is 0 Å². The third kappa shape index (κ3) is 3.11. The monoisotopic (exact) mass is 416 g/mol. The van der Waals surface area contributed by atoms with Crippen LogP contribution in [-0.2, 0) is 4.79 Å². The lowest BCUT2D eigenvalue weighted by Crippen LogP contribution is -2.59. The number of pyridine rings is 1. The number of aromatic nitrogens is 6. The summed E-state index contributed by atoms with van der Waals surface area (Å²) in [7, 11) is 0. The largest absolute Gasteiger partial charge is 0.351 e. The quantitative estimate of drug-likeness (QED) is 0.532. The molecule has 4 aromatic rings. The number of carbonyl (C=O) groups excluding carboxylic acids is 1. The summed E-state index contributed by atoms with van der Waals surface area (Å²) < 4.78 is 1.76. The molecule has 0 unspecified atom stereocenters. The Bertz CT molecular complexity index is 1280. The number of hydrogen-bond acceptors (Lipinski definition) is 6. The van der Waals surface area contributed by atoms with Crippen LogP contribution in [0.4, 0.5) is 5.95 Å². The standard InChI is InChI=1S/C22H24N8O/c1-14(31)29-11-22(12-29)6-4-16(5-7-22)27-21-24-9-18-17(8-23-20(18)28-21)15-2-3-19-25-13-26-30(19)10-15/h2-3,8-10,13,16H,4-7,11-12H2,1H3,(H2,23,24,27,28). The maximum absolute atomic E-state index is 11.5. The average molecular weight is 416 g/mol. The van der Waals surface area contributed by atoms with Gasteiger partial charge in [-0.3, -0.25) is 4.79 Å². The minimum Gasteiger partial charge on any atom is -0.351 e. The molecule has 0 radical (unpaired) electrons. The van der Waals surface area contributed by atoms with Gasteiger partial charge >= 0.3 is 0 Å². The van der Waals surface area contributed by atoms with Gasteiger partial charge in [0.25, 0.3) is 0 Å². The zero-order chi connectivity index (χ0) is 21.0. The molecule has 4 aromatic heterocycles. The smallest absolute Gasteiger partial charge is 0.224 e. The highest BCUT2D eigenvalue weighted by Crippen LogP contribution is 2.44. The maximum atomic E-state index is 11.5. The van der Waals surface area contributed by atoms with Crippen molar-refractivity contribution in [2.45, 2.75) is 38.6 Å². The van der Waals surface area contributed by atoms with Crippen molar-refractivity contribution < 1.29 is 4.79 Å². The third-order valence-electron chi connectivity index (χ3n) is 6.89. The summed E-state index contributed by atoms with van der Waals surface area (Å²) in [5, 5.41) is 8.71. The molecule has 9 heteroatoms. The molecule has 0 atom stereocenters. The molecule has 1 aliphatic heterocycles. The molecule has 31 heavy (non-hydrogen) atoms. The number of carbonyl (C=O) groups is 1. The van der Waals surface area contributed by atoms with Crippen LogP contribution in [-0.4, -0.2) is 59.5 Å². The van der Waals surface area contributed by atoms with E-state index in [1.807, 2.05) is 35.6 Å². The fourth-order valence-corrected chi connectivity index (χ4v) is 5.05. The van der Waals surface area contributed by atoms with E-state index >= 15 is 0 Å². The molecular weight excluding hydrogens is 392 g/mol. The molecule has 1 amide bonds. The van der Waals surface area contributed by atoms with Crippen molar-refractivity contribution in [2.75, 3.05) is 18.4 Å². The van der Waals surface area contributed by atoms with E-state index in [4.69, 9.17) is 4.98 Å². The topological polar surface area (TPSA) is 104 Å². The summed E-state index contributed by atoms with van der Waals surface area (Å²) in [6.45, 7) is 3.50. The van der Waals surface area contributed by atoms with Gasteiger partial charge in [0, 0.05) is 66.6 Å². The lowest BCUT2D eigenvalue weighted by Gasteiger charge is -2.53. The summed E-state index contributed by atoms with van der Waals surface area (Å²) in [6, 6.07) is 4.36. The molecule has 2 aliphatic rings. The fraction of sp³-hybridized carbons (Fsp3) is 0.409. The number of likely N-dealkylation sites (tertiary alicyclic amines) is 1. The van der Waals surface area contributed by atoms with Gasteiger partial charge in [0.15, 0.2) is 5.65 Å². The Morgan fingerprint density at radius 3 is 2.87 bits per heavy atom. The zero-order valence-electron chi connectivity index (χ0n) is 17.4. The van der Waals surface area contributed by atoms with Gasteiger partial charge < -0.3 is 15.2 Å². The Hall–Kier alpha value is -3.49. The molecule has 2 fully saturated rings. The molecular formula is C22H24N8O. The predicted molar refractivity (Wildman–Crippen MR) is 116 cm³/mol. The number of anilines is 1. The van der Waals surface area contributed by atoms with Crippen molar-refractivity contribution in [1.82, 2.24) is 34.4 Å². The minimum atomic E-state index is 0.194. The Balaban J connectivity index is 1.16. The highest BCUT2D eigenvalue weighted by molar-refractivity contribution is 5.93. The maximum Gasteiger partial charge on any atom is 0.224 e. The van der Waals surface area contributed by atoms with Crippen LogP contribution in [0.3, 0.4) is 0 Å². The molecule has 5 heterocycles. The number of amides is 1. The fourth-order valence-electron chi connectivity index (χ4n) is 5.05. The van der Waals surface area contributed by atoms with Gasteiger partial charge in [-0.15, -0.1) is 0 Å². The van der Waals surface area contributed by atoms with Gasteiger partial charge in [-0.25, -0.2) is 14.5 Å². The number of aromatic amines is 1. The van der Waals surface area contributed by atoms with Gasteiger partial charge in [0.2, 0.25) is 11.9 Å². The van der Waals surface area contributed by atoms with Crippen LogP contribution in [0.25, 0.3) is 27.8 Å². The van der Waals surface area contributed by atoms with E-state index in [0.29, 0.717) is 17.4 Å². The molecule has 158 valence electrons. The van der Waals surface area contributed by atoms with Gasteiger partial charge in [0.1, 0.15) is 12.0 Å². The minimum absolute atomic E-state index is 0.194. The van der Waals surface area contributed by atoms with Crippen molar-refractivity contribution in [3.8, 4) is 11.1 Å². The summed E-state index contributed by atoms with van der Waals surface area (Å²) in [6.07, 6.45) is 11.8. The Morgan fingerprint density at radius 2 is 2.06 bits per heavy atom. The number of nitrogens with one attached hydrogen (secondary N) is 2. The second-order valence-electron chi connectivity index (χ2n) is 8.93. The van der Waals surface area contributed by atoms with Crippen LogP contribution in [0, 0.1) is 5.41 Å². The van der Waals surface area contributed by atoms with E-state index in [1.54, 1.807) is 17.8 Å². The normalized spacial score (nSPS) is 18.5. The number of hydrogen-bond donors (Lipinski definition) is 2. The summed E-state index contributed by atoms with van der Waals surface area (Å²) in [5.41, 5.74) is 4.05. The molecule has 1 aliphatic carbocycles. The first kappa shape index (κ1) is 18.3.